The van der Waals surface area contributed by atoms with Gasteiger partial charge in [-0.3, -0.25) is 4.79 Å². The van der Waals surface area contributed by atoms with Crippen LogP contribution >= 0.6 is 11.8 Å². The Hall–Kier alpha value is -2.06. The molecule has 116 valence electrons. The van der Waals surface area contributed by atoms with Crippen molar-refractivity contribution in [2.45, 2.75) is 19.8 Å². The molecule has 0 radical (unpaired) electrons. The standard InChI is InChI=1S/C17H19NO3S/c1-3-4-9-22-12-16(19)15(17(20)21-2)10-13-7-5-6-8-14(13)11-18/h5-8,10H,3-4,9,12H2,1-2H3. The van der Waals surface area contributed by atoms with Crippen molar-refractivity contribution in [2.24, 2.45) is 0 Å². The summed E-state index contributed by atoms with van der Waals surface area (Å²) in [5.74, 6) is 0.163. The summed E-state index contributed by atoms with van der Waals surface area (Å²) in [6, 6.07) is 8.86. The monoisotopic (exact) mass is 317 g/mol. The lowest BCUT2D eigenvalue weighted by atomic mass is 10.0. The predicted octanol–water partition coefficient (Wildman–Crippen LogP) is 3.22. The van der Waals surface area contributed by atoms with E-state index in [9.17, 15) is 9.59 Å². The third-order valence-corrected chi connectivity index (χ3v) is 4.01. The Labute approximate surface area is 135 Å². The highest BCUT2D eigenvalue weighted by molar-refractivity contribution is 7.99. The minimum atomic E-state index is -0.672. The summed E-state index contributed by atoms with van der Waals surface area (Å²) < 4.78 is 4.69. The van der Waals surface area contributed by atoms with E-state index in [1.165, 1.54) is 24.9 Å². The Kier molecular flexibility index (Phi) is 8.01. The van der Waals surface area contributed by atoms with E-state index in [1.54, 1.807) is 24.3 Å². The molecule has 0 spiro atoms. The minimum absolute atomic E-state index is 0.0193. The Balaban J connectivity index is 2.98. The largest absolute Gasteiger partial charge is 0.465 e. The third-order valence-electron chi connectivity index (χ3n) is 2.96. The molecule has 0 fully saturated rings. The smallest absolute Gasteiger partial charge is 0.341 e. The molecule has 1 aromatic carbocycles. The van der Waals surface area contributed by atoms with Crippen molar-refractivity contribution < 1.29 is 14.3 Å². The highest BCUT2D eigenvalue weighted by Gasteiger charge is 2.19. The first-order chi connectivity index (χ1) is 10.6. The van der Waals surface area contributed by atoms with Gasteiger partial charge in [-0.2, -0.15) is 17.0 Å². The summed E-state index contributed by atoms with van der Waals surface area (Å²) in [6.07, 6.45) is 3.54. The van der Waals surface area contributed by atoms with Gasteiger partial charge in [0.2, 0.25) is 0 Å². The number of hydrogen-bond acceptors (Lipinski definition) is 5. The normalized spacial score (nSPS) is 10.9. The zero-order valence-corrected chi connectivity index (χ0v) is 13.6. The lowest BCUT2D eigenvalue weighted by Gasteiger charge is -2.06. The number of thioether (sulfide) groups is 1. The van der Waals surface area contributed by atoms with Crippen LogP contribution in [0, 0.1) is 11.3 Å². The van der Waals surface area contributed by atoms with E-state index in [2.05, 4.69) is 11.7 Å². The van der Waals surface area contributed by atoms with Crippen molar-refractivity contribution in [1.29, 1.82) is 5.26 Å². The van der Waals surface area contributed by atoms with E-state index in [0.29, 0.717) is 11.1 Å². The number of benzene rings is 1. The Bertz CT molecular complexity index is 602. The summed E-state index contributed by atoms with van der Waals surface area (Å²) in [5.41, 5.74) is 0.932. The Morgan fingerprint density at radius 1 is 1.36 bits per heavy atom. The molecule has 0 bridgehead atoms. The van der Waals surface area contributed by atoms with Crippen molar-refractivity contribution in [3.63, 3.8) is 0 Å². The molecule has 0 aliphatic rings. The van der Waals surface area contributed by atoms with Crippen LogP contribution in [0.1, 0.15) is 30.9 Å². The van der Waals surface area contributed by atoms with Crippen molar-refractivity contribution in [3.05, 3.63) is 41.0 Å². The summed E-state index contributed by atoms with van der Waals surface area (Å²) in [7, 11) is 1.24. The maximum Gasteiger partial charge on any atom is 0.341 e. The van der Waals surface area contributed by atoms with Gasteiger partial charge in [-0.1, -0.05) is 31.5 Å². The van der Waals surface area contributed by atoms with E-state index >= 15 is 0 Å². The van der Waals surface area contributed by atoms with Crippen LogP contribution in [0.2, 0.25) is 0 Å². The van der Waals surface area contributed by atoms with Gasteiger partial charge in [0.1, 0.15) is 5.57 Å². The fourth-order valence-electron chi connectivity index (χ4n) is 1.73. The van der Waals surface area contributed by atoms with Crippen LogP contribution in [-0.4, -0.2) is 30.4 Å². The lowest BCUT2D eigenvalue weighted by molar-refractivity contribution is -0.137. The zero-order valence-electron chi connectivity index (χ0n) is 12.8. The third kappa shape index (κ3) is 5.38. The van der Waals surface area contributed by atoms with Crippen LogP contribution in [0.25, 0.3) is 6.08 Å². The molecule has 4 nitrogen and oxygen atoms in total. The van der Waals surface area contributed by atoms with E-state index in [4.69, 9.17) is 5.26 Å². The molecule has 5 heteroatoms. The molecule has 0 saturated carbocycles. The van der Waals surface area contributed by atoms with Gasteiger partial charge in [-0.15, -0.1) is 0 Å². The molecular formula is C17H19NO3S. The number of nitriles is 1. The quantitative estimate of drug-likeness (QED) is 0.242. The predicted molar refractivity (Wildman–Crippen MR) is 88.4 cm³/mol. The number of carbonyl (C=O) groups is 2. The van der Waals surface area contributed by atoms with Gasteiger partial charge in [0.25, 0.3) is 0 Å². The van der Waals surface area contributed by atoms with E-state index in [1.807, 2.05) is 6.07 Å². The zero-order chi connectivity index (χ0) is 16.4. The van der Waals surface area contributed by atoms with Crippen LogP contribution in [0.3, 0.4) is 0 Å². The first-order valence-electron chi connectivity index (χ1n) is 7.04. The number of ketones is 1. The van der Waals surface area contributed by atoms with Crippen molar-refractivity contribution in [2.75, 3.05) is 18.6 Å². The summed E-state index contributed by atoms with van der Waals surface area (Å²) in [4.78, 5) is 24.1. The van der Waals surface area contributed by atoms with Crippen molar-refractivity contribution in [1.82, 2.24) is 0 Å². The van der Waals surface area contributed by atoms with Gasteiger partial charge in [0.15, 0.2) is 5.78 Å². The molecule has 0 saturated heterocycles. The van der Waals surface area contributed by atoms with Crippen LogP contribution in [0.4, 0.5) is 0 Å². The number of methoxy groups -OCH3 is 1. The number of rotatable bonds is 8. The van der Waals surface area contributed by atoms with Crippen molar-refractivity contribution >= 4 is 29.6 Å². The maximum absolute atomic E-state index is 12.2. The topological polar surface area (TPSA) is 67.2 Å². The number of ether oxygens (including phenoxy) is 1. The number of nitrogens with zero attached hydrogens (tertiary/aromatic N) is 1. The molecular weight excluding hydrogens is 298 g/mol. The van der Waals surface area contributed by atoms with Gasteiger partial charge < -0.3 is 4.74 Å². The van der Waals surface area contributed by atoms with Crippen LogP contribution < -0.4 is 0 Å². The summed E-state index contributed by atoms with van der Waals surface area (Å²) in [6.45, 7) is 2.08. The highest BCUT2D eigenvalue weighted by atomic mass is 32.2. The molecule has 22 heavy (non-hydrogen) atoms. The average Bonchev–Trinajstić information content (AvgIpc) is 2.56. The number of carbonyl (C=O) groups excluding carboxylic acids is 2. The van der Waals surface area contributed by atoms with Gasteiger partial charge in [0.05, 0.1) is 24.5 Å². The number of hydrogen-bond donors (Lipinski definition) is 0. The SMILES string of the molecule is CCCCSCC(=O)C(=Cc1ccccc1C#N)C(=O)OC. The molecule has 0 heterocycles. The molecule has 1 rings (SSSR count). The summed E-state index contributed by atoms with van der Waals surface area (Å²) >= 11 is 1.50. The highest BCUT2D eigenvalue weighted by Crippen LogP contribution is 2.16. The second-order valence-electron chi connectivity index (χ2n) is 4.58. The molecule has 0 amide bonds. The Morgan fingerprint density at radius 3 is 2.73 bits per heavy atom. The van der Waals surface area contributed by atoms with Gasteiger partial charge in [-0.25, -0.2) is 4.79 Å². The van der Waals surface area contributed by atoms with Crippen LogP contribution in [-0.2, 0) is 14.3 Å². The maximum atomic E-state index is 12.2. The summed E-state index contributed by atoms with van der Waals surface area (Å²) in [5, 5.41) is 9.08. The van der Waals surface area contributed by atoms with Crippen LogP contribution in [0.15, 0.2) is 29.8 Å². The van der Waals surface area contributed by atoms with Gasteiger partial charge in [-0.05, 0) is 29.9 Å². The molecule has 0 aliphatic heterocycles. The number of Topliss-reactive ketones (excluding diaryl/α,β-unsaturated/α-hetero) is 1. The molecule has 0 N–H and O–H groups in total. The van der Waals surface area contributed by atoms with E-state index in [0.717, 1.165) is 18.6 Å². The molecule has 1 aromatic rings. The fraction of sp³-hybridized carbons (Fsp3) is 0.353. The van der Waals surface area contributed by atoms with Gasteiger partial charge in [0, 0.05) is 0 Å². The second kappa shape index (κ2) is 9.80. The van der Waals surface area contributed by atoms with E-state index < -0.39 is 5.97 Å². The molecule has 0 unspecified atom stereocenters. The first kappa shape index (κ1) is 18.0. The Morgan fingerprint density at radius 2 is 2.09 bits per heavy atom. The average molecular weight is 317 g/mol. The second-order valence-corrected chi connectivity index (χ2v) is 5.68. The number of unbranched alkanes of at least 4 members (excludes halogenated alkanes) is 1. The van der Waals surface area contributed by atoms with Crippen molar-refractivity contribution in [3.8, 4) is 6.07 Å². The van der Waals surface area contributed by atoms with Crippen LogP contribution in [0.5, 0.6) is 0 Å². The lowest BCUT2D eigenvalue weighted by Crippen LogP contribution is -2.16. The fourth-order valence-corrected chi connectivity index (χ4v) is 2.71. The molecule has 0 aliphatic carbocycles. The van der Waals surface area contributed by atoms with E-state index in [-0.39, 0.29) is 17.1 Å². The van der Waals surface area contributed by atoms with Gasteiger partial charge >= 0.3 is 5.97 Å². The minimum Gasteiger partial charge on any atom is -0.465 e. The first-order valence-corrected chi connectivity index (χ1v) is 8.19. The molecule has 0 atom stereocenters. The number of esters is 1. The molecule has 0 aromatic heterocycles.